The van der Waals surface area contributed by atoms with Crippen molar-refractivity contribution in [3.05, 3.63) is 33.8 Å². The SMILES string of the molecule is CCCNC(=O)CNC(=O)COC(=O)Cc1ccc(Cl)c(Cl)c1. The molecule has 126 valence electrons. The second-order valence-corrected chi connectivity index (χ2v) is 5.53. The molecule has 0 saturated heterocycles. The molecule has 0 heterocycles. The zero-order chi connectivity index (χ0) is 17.2. The van der Waals surface area contributed by atoms with Crippen LogP contribution in [0.4, 0.5) is 0 Å². The number of halogens is 2. The Kier molecular flexibility index (Phi) is 8.43. The van der Waals surface area contributed by atoms with Crippen molar-refractivity contribution in [2.45, 2.75) is 19.8 Å². The summed E-state index contributed by atoms with van der Waals surface area (Å²) in [5.41, 5.74) is 0.628. The first-order chi connectivity index (χ1) is 10.9. The Balaban J connectivity index is 2.28. The Hall–Kier alpha value is -1.79. The van der Waals surface area contributed by atoms with Gasteiger partial charge >= 0.3 is 5.97 Å². The van der Waals surface area contributed by atoms with E-state index in [2.05, 4.69) is 10.6 Å². The van der Waals surface area contributed by atoms with Crippen molar-refractivity contribution in [1.29, 1.82) is 0 Å². The molecule has 1 rings (SSSR count). The molecule has 0 saturated carbocycles. The Bertz CT molecular complexity index is 579. The van der Waals surface area contributed by atoms with Gasteiger partial charge in [-0.05, 0) is 24.1 Å². The van der Waals surface area contributed by atoms with Crippen LogP contribution in [0.3, 0.4) is 0 Å². The quantitative estimate of drug-likeness (QED) is 0.691. The number of hydrogen-bond donors (Lipinski definition) is 2. The summed E-state index contributed by atoms with van der Waals surface area (Å²) in [6.07, 6.45) is 0.785. The summed E-state index contributed by atoms with van der Waals surface area (Å²) in [6.45, 7) is 1.88. The Morgan fingerprint density at radius 1 is 1.09 bits per heavy atom. The fourth-order valence-corrected chi connectivity index (χ4v) is 1.89. The van der Waals surface area contributed by atoms with Crippen LogP contribution in [-0.4, -0.2) is 37.5 Å². The minimum Gasteiger partial charge on any atom is -0.455 e. The molecular weight excluding hydrogens is 343 g/mol. The molecule has 1 aromatic carbocycles. The molecule has 0 fully saturated rings. The number of esters is 1. The number of amides is 2. The number of benzene rings is 1. The normalized spacial score (nSPS) is 10.0. The molecule has 23 heavy (non-hydrogen) atoms. The van der Waals surface area contributed by atoms with Gasteiger partial charge in [-0.1, -0.05) is 36.2 Å². The van der Waals surface area contributed by atoms with Crippen LogP contribution in [0.15, 0.2) is 18.2 Å². The first-order valence-corrected chi connectivity index (χ1v) is 7.81. The highest BCUT2D eigenvalue weighted by molar-refractivity contribution is 6.42. The molecule has 0 spiro atoms. The van der Waals surface area contributed by atoms with Crippen molar-refractivity contribution in [2.75, 3.05) is 19.7 Å². The van der Waals surface area contributed by atoms with Gasteiger partial charge in [0.25, 0.3) is 5.91 Å². The van der Waals surface area contributed by atoms with E-state index in [1.165, 1.54) is 0 Å². The maximum Gasteiger partial charge on any atom is 0.310 e. The summed E-state index contributed by atoms with van der Waals surface area (Å²) in [4.78, 5) is 34.4. The number of carbonyl (C=O) groups excluding carboxylic acids is 3. The van der Waals surface area contributed by atoms with Crippen molar-refractivity contribution >= 4 is 41.0 Å². The molecule has 8 heteroatoms. The summed E-state index contributed by atoms with van der Waals surface area (Å²) >= 11 is 11.6. The van der Waals surface area contributed by atoms with E-state index in [0.717, 1.165) is 6.42 Å². The highest BCUT2D eigenvalue weighted by Crippen LogP contribution is 2.22. The van der Waals surface area contributed by atoms with Crippen molar-refractivity contribution in [3.8, 4) is 0 Å². The van der Waals surface area contributed by atoms with Gasteiger partial charge in [0, 0.05) is 6.54 Å². The average Bonchev–Trinajstić information content (AvgIpc) is 2.52. The molecule has 2 N–H and O–H groups in total. The molecule has 0 unspecified atom stereocenters. The van der Waals surface area contributed by atoms with Crippen LogP contribution in [0.5, 0.6) is 0 Å². The van der Waals surface area contributed by atoms with Gasteiger partial charge in [0.1, 0.15) is 0 Å². The Morgan fingerprint density at radius 3 is 2.48 bits per heavy atom. The third kappa shape index (κ3) is 7.85. The van der Waals surface area contributed by atoms with Gasteiger partial charge in [0.15, 0.2) is 6.61 Å². The first kappa shape index (κ1) is 19.3. The minimum atomic E-state index is -0.575. The molecule has 0 aromatic heterocycles. The van der Waals surface area contributed by atoms with Gasteiger partial charge in [0.2, 0.25) is 5.91 Å². The number of rotatable bonds is 8. The zero-order valence-electron chi connectivity index (χ0n) is 12.7. The number of carbonyl (C=O) groups is 3. The Morgan fingerprint density at radius 2 is 1.83 bits per heavy atom. The maximum absolute atomic E-state index is 11.6. The van der Waals surface area contributed by atoms with Crippen LogP contribution in [0.2, 0.25) is 10.0 Å². The molecule has 0 aliphatic heterocycles. The lowest BCUT2D eigenvalue weighted by Crippen LogP contribution is -2.39. The summed E-state index contributed by atoms with van der Waals surface area (Å²) in [7, 11) is 0. The molecule has 6 nitrogen and oxygen atoms in total. The number of nitrogens with one attached hydrogen (secondary N) is 2. The van der Waals surface area contributed by atoms with E-state index >= 15 is 0 Å². The molecule has 0 aliphatic rings. The zero-order valence-corrected chi connectivity index (χ0v) is 14.2. The van der Waals surface area contributed by atoms with Gasteiger partial charge < -0.3 is 15.4 Å². The molecule has 0 radical (unpaired) electrons. The third-order valence-electron chi connectivity index (χ3n) is 2.72. The second-order valence-electron chi connectivity index (χ2n) is 4.71. The number of hydrogen-bond acceptors (Lipinski definition) is 4. The lowest BCUT2D eigenvalue weighted by atomic mass is 10.1. The van der Waals surface area contributed by atoms with Crippen LogP contribution in [0.1, 0.15) is 18.9 Å². The molecule has 2 amide bonds. The predicted octanol–water partition coefficient (Wildman–Crippen LogP) is 1.72. The van der Waals surface area contributed by atoms with Gasteiger partial charge in [-0.3, -0.25) is 14.4 Å². The van der Waals surface area contributed by atoms with E-state index in [0.29, 0.717) is 22.2 Å². The lowest BCUT2D eigenvalue weighted by molar-refractivity contribution is -0.147. The topological polar surface area (TPSA) is 84.5 Å². The molecular formula is C15H18Cl2N2O4. The summed E-state index contributed by atoms with van der Waals surface area (Å²) in [6, 6.07) is 4.78. The van der Waals surface area contributed by atoms with Gasteiger partial charge in [-0.25, -0.2) is 0 Å². The van der Waals surface area contributed by atoms with Crippen LogP contribution in [0.25, 0.3) is 0 Å². The molecule has 1 aromatic rings. The molecule has 0 bridgehead atoms. The molecule has 0 aliphatic carbocycles. The highest BCUT2D eigenvalue weighted by atomic mass is 35.5. The first-order valence-electron chi connectivity index (χ1n) is 7.05. The van der Waals surface area contributed by atoms with Crippen molar-refractivity contribution < 1.29 is 19.1 Å². The van der Waals surface area contributed by atoms with Gasteiger partial charge in [0.05, 0.1) is 23.0 Å². The van der Waals surface area contributed by atoms with E-state index in [4.69, 9.17) is 27.9 Å². The largest absolute Gasteiger partial charge is 0.455 e. The maximum atomic E-state index is 11.6. The average molecular weight is 361 g/mol. The van der Waals surface area contributed by atoms with E-state index in [1.807, 2.05) is 6.92 Å². The van der Waals surface area contributed by atoms with E-state index in [9.17, 15) is 14.4 Å². The smallest absolute Gasteiger partial charge is 0.310 e. The van der Waals surface area contributed by atoms with Crippen LogP contribution in [0, 0.1) is 0 Å². The van der Waals surface area contributed by atoms with Crippen LogP contribution < -0.4 is 10.6 Å². The van der Waals surface area contributed by atoms with Crippen molar-refractivity contribution in [2.24, 2.45) is 0 Å². The fourth-order valence-electron chi connectivity index (χ4n) is 1.57. The Labute approximate surface area is 144 Å². The summed E-state index contributed by atoms with van der Waals surface area (Å²) < 4.78 is 4.83. The standard InChI is InChI=1S/C15H18Cl2N2O4/c1-2-5-18-13(20)8-19-14(21)9-23-15(22)7-10-3-4-11(16)12(17)6-10/h3-4,6H,2,5,7-9H2,1H3,(H,18,20)(H,19,21). The van der Waals surface area contributed by atoms with Crippen molar-refractivity contribution in [1.82, 2.24) is 10.6 Å². The van der Waals surface area contributed by atoms with Crippen LogP contribution >= 0.6 is 23.2 Å². The summed E-state index contributed by atoms with van der Waals surface area (Å²) in [5.74, 6) is -1.41. The van der Waals surface area contributed by atoms with E-state index in [1.54, 1.807) is 18.2 Å². The van der Waals surface area contributed by atoms with Crippen LogP contribution in [-0.2, 0) is 25.5 Å². The van der Waals surface area contributed by atoms with Crippen molar-refractivity contribution in [3.63, 3.8) is 0 Å². The van der Waals surface area contributed by atoms with Gasteiger partial charge in [-0.15, -0.1) is 0 Å². The van der Waals surface area contributed by atoms with E-state index in [-0.39, 0.29) is 18.9 Å². The number of ether oxygens (including phenoxy) is 1. The highest BCUT2D eigenvalue weighted by Gasteiger charge is 2.10. The second kappa shape index (κ2) is 10.1. The minimum absolute atomic E-state index is 0.0266. The predicted molar refractivity (Wildman–Crippen MR) is 87.4 cm³/mol. The lowest BCUT2D eigenvalue weighted by Gasteiger charge is -2.07. The molecule has 0 atom stereocenters. The third-order valence-corrected chi connectivity index (χ3v) is 3.45. The van der Waals surface area contributed by atoms with Gasteiger partial charge in [-0.2, -0.15) is 0 Å². The summed E-state index contributed by atoms with van der Waals surface area (Å²) in [5, 5.41) is 5.70. The monoisotopic (exact) mass is 360 g/mol. The van der Waals surface area contributed by atoms with E-state index < -0.39 is 18.5 Å². The fraction of sp³-hybridized carbons (Fsp3) is 0.400.